The van der Waals surface area contributed by atoms with E-state index < -0.39 is 11.9 Å². The van der Waals surface area contributed by atoms with Gasteiger partial charge in [-0.15, -0.1) is 0 Å². The van der Waals surface area contributed by atoms with Crippen molar-refractivity contribution in [3.8, 4) is 6.07 Å². The van der Waals surface area contributed by atoms with Gasteiger partial charge in [-0.3, -0.25) is 4.68 Å². The average molecular weight is 237 g/mol. The molecule has 1 aromatic heterocycles. The maximum Gasteiger partial charge on any atom is 0.359 e. The Morgan fingerprint density at radius 2 is 2.06 bits per heavy atom. The zero-order valence-corrected chi connectivity index (χ0v) is 9.47. The van der Waals surface area contributed by atoms with Gasteiger partial charge in [0, 0.05) is 6.20 Å². The van der Waals surface area contributed by atoms with Crippen molar-refractivity contribution in [1.82, 2.24) is 9.78 Å². The SMILES string of the molecule is COC(=O)c1cn(CCC#N)nc1C(=O)OC. The Morgan fingerprint density at radius 3 is 2.59 bits per heavy atom. The summed E-state index contributed by atoms with van der Waals surface area (Å²) in [6, 6.07) is 1.94. The lowest BCUT2D eigenvalue weighted by Gasteiger charge is -1.97. The second-order valence-electron chi connectivity index (χ2n) is 3.05. The normalized spacial score (nSPS) is 9.47. The van der Waals surface area contributed by atoms with Crippen LogP contribution in [0.15, 0.2) is 6.20 Å². The highest BCUT2D eigenvalue weighted by Gasteiger charge is 2.23. The molecule has 7 nitrogen and oxygen atoms in total. The smallest absolute Gasteiger partial charge is 0.359 e. The molecule has 0 aliphatic rings. The fourth-order valence-corrected chi connectivity index (χ4v) is 1.21. The van der Waals surface area contributed by atoms with E-state index >= 15 is 0 Å². The number of esters is 2. The zero-order chi connectivity index (χ0) is 12.8. The first-order chi connectivity index (χ1) is 8.13. The van der Waals surface area contributed by atoms with E-state index in [1.165, 1.54) is 25.1 Å². The number of ether oxygens (including phenoxy) is 2. The Labute approximate surface area is 97.5 Å². The average Bonchev–Trinajstić information content (AvgIpc) is 2.78. The van der Waals surface area contributed by atoms with Gasteiger partial charge in [0.15, 0.2) is 5.69 Å². The Morgan fingerprint density at radius 1 is 1.41 bits per heavy atom. The Balaban J connectivity index is 3.08. The molecule has 1 rings (SSSR count). The van der Waals surface area contributed by atoms with Crippen molar-refractivity contribution in [1.29, 1.82) is 5.26 Å². The van der Waals surface area contributed by atoms with Gasteiger partial charge in [-0.2, -0.15) is 10.4 Å². The molecule has 0 spiro atoms. The minimum atomic E-state index is -0.721. The number of aromatic nitrogens is 2. The quantitative estimate of drug-likeness (QED) is 0.702. The summed E-state index contributed by atoms with van der Waals surface area (Å²) in [6.45, 7) is 0.289. The molecule has 90 valence electrons. The van der Waals surface area contributed by atoms with Gasteiger partial charge in [0.05, 0.1) is 33.3 Å². The molecule has 0 bridgehead atoms. The third-order valence-electron chi connectivity index (χ3n) is 2.00. The van der Waals surface area contributed by atoms with Crippen LogP contribution in [0.3, 0.4) is 0 Å². The second kappa shape index (κ2) is 5.65. The van der Waals surface area contributed by atoms with E-state index in [9.17, 15) is 9.59 Å². The summed E-state index contributed by atoms with van der Waals surface area (Å²) in [5.74, 6) is -1.39. The minimum Gasteiger partial charge on any atom is -0.465 e. The Kier molecular flexibility index (Phi) is 4.22. The van der Waals surface area contributed by atoms with Crippen LogP contribution in [-0.2, 0) is 16.0 Å². The van der Waals surface area contributed by atoms with Gasteiger partial charge in [0.2, 0.25) is 0 Å². The van der Waals surface area contributed by atoms with Gasteiger partial charge >= 0.3 is 11.9 Å². The van der Waals surface area contributed by atoms with E-state index in [0.29, 0.717) is 0 Å². The number of aryl methyl sites for hydroxylation is 1. The van der Waals surface area contributed by atoms with E-state index in [2.05, 4.69) is 14.6 Å². The molecule has 0 fully saturated rings. The molecule has 0 radical (unpaired) electrons. The molecule has 0 unspecified atom stereocenters. The highest BCUT2D eigenvalue weighted by atomic mass is 16.5. The molecule has 0 saturated carbocycles. The van der Waals surface area contributed by atoms with Crippen molar-refractivity contribution in [3.63, 3.8) is 0 Å². The largest absolute Gasteiger partial charge is 0.465 e. The van der Waals surface area contributed by atoms with Crippen molar-refractivity contribution in [2.24, 2.45) is 0 Å². The molecular weight excluding hydrogens is 226 g/mol. The molecule has 0 aromatic carbocycles. The van der Waals surface area contributed by atoms with Gasteiger partial charge < -0.3 is 9.47 Å². The van der Waals surface area contributed by atoms with Gasteiger partial charge in [0.1, 0.15) is 5.56 Å². The fraction of sp³-hybridized carbons (Fsp3) is 0.400. The van der Waals surface area contributed by atoms with Crippen LogP contribution in [0.4, 0.5) is 0 Å². The first-order valence-corrected chi connectivity index (χ1v) is 4.75. The van der Waals surface area contributed by atoms with E-state index in [-0.39, 0.29) is 24.2 Å². The van der Waals surface area contributed by atoms with E-state index in [0.717, 1.165) is 0 Å². The van der Waals surface area contributed by atoms with Crippen molar-refractivity contribution in [2.45, 2.75) is 13.0 Å². The topological polar surface area (TPSA) is 94.2 Å². The second-order valence-corrected chi connectivity index (χ2v) is 3.05. The lowest BCUT2D eigenvalue weighted by molar-refractivity contribution is 0.0551. The monoisotopic (exact) mass is 237 g/mol. The van der Waals surface area contributed by atoms with Gasteiger partial charge in [0.25, 0.3) is 0 Å². The summed E-state index contributed by atoms with van der Waals surface area (Å²) >= 11 is 0. The highest BCUT2D eigenvalue weighted by molar-refractivity contribution is 6.01. The molecule has 7 heteroatoms. The predicted octanol–water partition coefficient (Wildman–Crippen LogP) is 0.370. The number of methoxy groups -OCH3 is 2. The first kappa shape index (κ1) is 12.7. The maximum atomic E-state index is 11.4. The van der Waals surface area contributed by atoms with Crippen LogP contribution in [0.25, 0.3) is 0 Å². The molecule has 17 heavy (non-hydrogen) atoms. The number of hydrogen-bond acceptors (Lipinski definition) is 6. The number of nitriles is 1. The molecule has 1 aromatic rings. The third-order valence-corrected chi connectivity index (χ3v) is 2.00. The van der Waals surface area contributed by atoms with Crippen molar-refractivity contribution in [2.75, 3.05) is 14.2 Å². The van der Waals surface area contributed by atoms with Crippen LogP contribution < -0.4 is 0 Å². The molecule has 0 aliphatic carbocycles. The number of carbonyl (C=O) groups excluding carboxylic acids is 2. The fourth-order valence-electron chi connectivity index (χ4n) is 1.21. The third kappa shape index (κ3) is 2.81. The van der Waals surface area contributed by atoms with Crippen LogP contribution in [0.5, 0.6) is 0 Å². The van der Waals surface area contributed by atoms with Gasteiger partial charge in [-0.05, 0) is 0 Å². The number of carbonyl (C=O) groups is 2. The standard InChI is InChI=1S/C10H11N3O4/c1-16-9(14)7-6-13(5-3-4-11)12-8(7)10(15)17-2/h6H,3,5H2,1-2H3. The van der Waals surface area contributed by atoms with Crippen molar-refractivity contribution in [3.05, 3.63) is 17.5 Å². The van der Waals surface area contributed by atoms with Crippen LogP contribution in [0.1, 0.15) is 27.3 Å². The molecule has 1 heterocycles. The van der Waals surface area contributed by atoms with Crippen molar-refractivity contribution >= 4 is 11.9 Å². The summed E-state index contributed by atoms with van der Waals surface area (Å²) in [4.78, 5) is 22.8. The molecule has 0 aliphatic heterocycles. The number of rotatable bonds is 4. The summed E-state index contributed by atoms with van der Waals surface area (Å²) in [5, 5.41) is 12.3. The number of nitrogens with zero attached hydrogens (tertiary/aromatic N) is 3. The summed E-state index contributed by atoms with van der Waals surface area (Å²) in [6.07, 6.45) is 1.58. The molecule has 0 N–H and O–H groups in total. The predicted molar refractivity (Wildman–Crippen MR) is 55.1 cm³/mol. The molecule has 0 atom stereocenters. The summed E-state index contributed by atoms with van der Waals surface area (Å²) < 4.78 is 10.4. The summed E-state index contributed by atoms with van der Waals surface area (Å²) in [7, 11) is 2.40. The lowest BCUT2D eigenvalue weighted by Crippen LogP contribution is -2.10. The molecule has 0 saturated heterocycles. The Hall–Kier alpha value is -2.36. The molecule has 0 amide bonds. The van der Waals surface area contributed by atoms with Crippen LogP contribution in [-0.4, -0.2) is 35.9 Å². The van der Waals surface area contributed by atoms with E-state index in [4.69, 9.17) is 5.26 Å². The minimum absolute atomic E-state index is 0.0253. The first-order valence-electron chi connectivity index (χ1n) is 4.75. The molecular formula is C10H11N3O4. The van der Waals surface area contributed by atoms with E-state index in [1.54, 1.807) is 0 Å². The van der Waals surface area contributed by atoms with E-state index in [1.807, 2.05) is 6.07 Å². The van der Waals surface area contributed by atoms with Crippen LogP contribution in [0, 0.1) is 11.3 Å². The van der Waals surface area contributed by atoms with Gasteiger partial charge in [-0.1, -0.05) is 0 Å². The Bertz CT molecular complexity index is 439. The maximum absolute atomic E-state index is 11.4. The van der Waals surface area contributed by atoms with Crippen LogP contribution >= 0.6 is 0 Å². The zero-order valence-electron chi connectivity index (χ0n) is 9.47. The highest BCUT2D eigenvalue weighted by Crippen LogP contribution is 2.10. The number of hydrogen-bond donors (Lipinski definition) is 0. The summed E-state index contributed by atoms with van der Waals surface area (Å²) in [5.41, 5.74) is -0.0884. The lowest BCUT2D eigenvalue weighted by atomic mass is 10.2. The van der Waals surface area contributed by atoms with Crippen molar-refractivity contribution < 1.29 is 19.1 Å². The van der Waals surface area contributed by atoms with Gasteiger partial charge in [-0.25, -0.2) is 9.59 Å². The van der Waals surface area contributed by atoms with Crippen LogP contribution in [0.2, 0.25) is 0 Å².